The van der Waals surface area contributed by atoms with E-state index < -0.39 is 5.97 Å². The largest absolute Gasteiger partial charge is 0.477 e. The lowest BCUT2D eigenvalue weighted by Crippen LogP contribution is -2.12. The number of hydrogen-bond donors (Lipinski definition) is 1. The van der Waals surface area contributed by atoms with Crippen molar-refractivity contribution in [2.75, 3.05) is 32.7 Å². The van der Waals surface area contributed by atoms with Crippen LogP contribution in [0, 0.1) is 5.92 Å². The van der Waals surface area contributed by atoms with Crippen molar-refractivity contribution in [1.82, 2.24) is 24.3 Å². The minimum atomic E-state index is -0.497. The maximum absolute atomic E-state index is 12.0. The number of fused-ring (bicyclic) bond motifs is 1. The number of pyridine rings is 1. The van der Waals surface area contributed by atoms with E-state index in [4.69, 9.17) is 36.3 Å². The zero-order valence-electron chi connectivity index (χ0n) is 22.1. The molecule has 1 aromatic carbocycles. The van der Waals surface area contributed by atoms with Crippen LogP contribution in [-0.4, -0.2) is 57.2 Å². The lowest BCUT2D eigenvalue weighted by atomic mass is 10.1. The Hall–Kier alpha value is -3.67. The topological polar surface area (TPSA) is 129 Å². The van der Waals surface area contributed by atoms with Crippen LogP contribution in [-0.2, 0) is 27.8 Å². The summed E-state index contributed by atoms with van der Waals surface area (Å²) in [5, 5.41) is 4.48. The molecule has 3 aromatic heterocycles. The molecule has 1 aliphatic rings. The SMILES string of the molecule is COC(=O)c1cc(Cl)nc(-c2cnn(C)c2OCCC[C@@H](C)Cn2c(N)nc3ccc(C4OCCO4)cc32)c1. The minimum absolute atomic E-state index is 0.179. The molecule has 12 heteroatoms. The van der Waals surface area contributed by atoms with E-state index in [-0.39, 0.29) is 11.4 Å². The van der Waals surface area contributed by atoms with Crippen LogP contribution in [0.5, 0.6) is 5.88 Å². The molecule has 0 amide bonds. The van der Waals surface area contributed by atoms with Gasteiger partial charge in [-0.2, -0.15) is 5.10 Å². The maximum Gasteiger partial charge on any atom is 0.338 e. The number of benzene rings is 1. The number of aromatic nitrogens is 5. The summed E-state index contributed by atoms with van der Waals surface area (Å²) < 4.78 is 25.9. The van der Waals surface area contributed by atoms with Crippen LogP contribution in [0.4, 0.5) is 5.95 Å². The van der Waals surface area contributed by atoms with Crippen LogP contribution in [0.15, 0.2) is 36.5 Å². The Morgan fingerprint density at radius 2 is 2.03 bits per heavy atom. The van der Waals surface area contributed by atoms with Gasteiger partial charge in [0, 0.05) is 19.2 Å². The van der Waals surface area contributed by atoms with Gasteiger partial charge in [0.15, 0.2) is 6.29 Å². The number of nitrogens with two attached hydrogens (primary N) is 1. The summed E-state index contributed by atoms with van der Waals surface area (Å²) >= 11 is 6.15. The fraction of sp³-hybridized carbons (Fsp3) is 0.407. The summed E-state index contributed by atoms with van der Waals surface area (Å²) in [5.74, 6) is 0.850. The predicted molar refractivity (Wildman–Crippen MR) is 145 cm³/mol. The Kier molecular flexibility index (Phi) is 8.01. The minimum Gasteiger partial charge on any atom is -0.477 e. The van der Waals surface area contributed by atoms with E-state index in [0.717, 1.165) is 36.0 Å². The fourth-order valence-corrected chi connectivity index (χ4v) is 4.90. The Balaban J connectivity index is 1.22. The Morgan fingerprint density at radius 1 is 1.23 bits per heavy atom. The molecule has 1 saturated heterocycles. The highest BCUT2D eigenvalue weighted by molar-refractivity contribution is 6.29. The zero-order valence-corrected chi connectivity index (χ0v) is 22.8. The second-order valence-electron chi connectivity index (χ2n) is 9.54. The van der Waals surface area contributed by atoms with Gasteiger partial charge in [0.1, 0.15) is 5.15 Å². The zero-order chi connectivity index (χ0) is 27.5. The lowest BCUT2D eigenvalue weighted by Gasteiger charge is -2.16. The van der Waals surface area contributed by atoms with E-state index in [0.29, 0.717) is 54.4 Å². The van der Waals surface area contributed by atoms with E-state index in [2.05, 4.69) is 22.0 Å². The molecule has 1 atom stereocenters. The van der Waals surface area contributed by atoms with Gasteiger partial charge >= 0.3 is 5.97 Å². The number of halogens is 1. The van der Waals surface area contributed by atoms with E-state index >= 15 is 0 Å². The number of rotatable bonds is 10. The van der Waals surface area contributed by atoms with Gasteiger partial charge in [0.2, 0.25) is 11.8 Å². The monoisotopic (exact) mass is 554 g/mol. The number of anilines is 1. The molecule has 1 fully saturated rings. The molecular formula is C27H31ClN6O5. The molecule has 4 heterocycles. The third-order valence-corrected chi connectivity index (χ3v) is 6.84. The first kappa shape index (κ1) is 26.9. The number of methoxy groups -OCH3 is 1. The Labute approximate surface area is 230 Å². The van der Waals surface area contributed by atoms with Gasteiger partial charge in [0.05, 0.1) is 61.0 Å². The number of carbonyl (C=O) groups is 1. The third kappa shape index (κ3) is 5.85. The molecule has 0 saturated carbocycles. The van der Waals surface area contributed by atoms with E-state index in [1.54, 1.807) is 24.0 Å². The quantitative estimate of drug-likeness (QED) is 0.172. The molecule has 0 bridgehead atoms. The maximum atomic E-state index is 12.0. The number of carbonyl (C=O) groups excluding carboxylic acids is 1. The highest BCUT2D eigenvalue weighted by Crippen LogP contribution is 2.31. The van der Waals surface area contributed by atoms with E-state index in [9.17, 15) is 4.79 Å². The molecule has 11 nitrogen and oxygen atoms in total. The van der Waals surface area contributed by atoms with Gasteiger partial charge < -0.3 is 29.2 Å². The van der Waals surface area contributed by atoms with Gasteiger partial charge in [-0.25, -0.2) is 19.4 Å². The summed E-state index contributed by atoms with van der Waals surface area (Å²) in [6.07, 6.45) is 3.01. The van der Waals surface area contributed by atoms with Crippen LogP contribution >= 0.6 is 11.6 Å². The Morgan fingerprint density at radius 3 is 2.79 bits per heavy atom. The number of aryl methyl sites for hydroxylation is 1. The number of nitrogens with zero attached hydrogens (tertiary/aromatic N) is 5. The first-order valence-corrected chi connectivity index (χ1v) is 13.1. The van der Waals surface area contributed by atoms with Gasteiger partial charge in [-0.15, -0.1) is 0 Å². The number of esters is 1. The summed E-state index contributed by atoms with van der Waals surface area (Å²) in [6, 6.07) is 9.04. The third-order valence-electron chi connectivity index (χ3n) is 6.65. The van der Waals surface area contributed by atoms with Gasteiger partial charge in [-0.3, -0.25) is 0 Å². The molecule has 206 valence electrons. The highest BCUT2D eigenvalue weighted by atomic mass is 35.5. The molecule has 5 rings (SSSR count). The number of nitrogen functional groups attached to an aromatic ring is 1. The first-order valence-electron chi connectivity index (χ1n) is 12.7. The van der Waals surface area contributed by atoms with Crippen molar-refractivity contribution in [3.8, 4) is 17.1 Å². The molecule has 0 spiro atoms. The molecule has 1 aliphatic heterocycles. The highest BCUT2D eigenvalue weighted by Gasteiger charge is 2.21. The lowest BCUT2D eigenvalue weighted by molar-refractivity contribution is -0.0440. The van der Waals surface area contributed by atoms with Crippen molar-refractivity contribution in [3.05, 3.63) is 52.8 Å². The Bertz CT molecular complexity index is 1480. The van der Waals surface area contributed by atoms with Gasteiger partial charge in [0.25, 0.3) is 0 Å². The summed E-state index contributed by atoms with van der Waals surface area (Å²) in [5.41, 5.74) is 10.5. The molecule has 0 unspecified atom stereocenters. The summed E-state index contributed by atoms with van der Waals surface area (Å²) in [4.78, 5) is 20.9. The van der Waals surface area contributed by atoms with Crippen LogP contribution in [0.25, 0.3) is 22.3 Å². The fourth-order valence-electron chi connectivity index (χ4n) is 4.70. The van der Waals surface area contributed by atoms with Crippen molar-refractivity contribution < 1.29 is 23.7 Å². The van der Waals surface area contributed by atoms with Crippen molar-refractivity contribution in [1.29, 1.82) is 0 Å². The van der Waals surface area contributed by atoms with Crippen LogP contribution in [0.3, 0.4) is 0 Å². The van der Waals surface area contributed by atoms with Crippen molar-refractivity contribution in [3.63, 3.8) is 0 Å². The second-order valence-corrected chi connectivity index (χ2v) is 9.93. The van der Waals surface area contributed by atoms with E-state index in [1.807, 2.05) is 22.8 Å². The van der Waals surface area contributed by atoms with Crippen molar-refractivity contribution >= 4 is 34.6 Å². The van der Waals surface area contributed by atoms with Crippen LogP contribution in [0.2, 0.25) is 5.15 Å². The summed E-state index contributed by atoms with van der Waals surface area (Å²) in [6.45, 7) is 4.55. The molecule has 39 heavy (non-hydrogen) atoms. The predicted octanol–water partition coefficient (Wildman–Crippen LogP) is 4.39. The number of hydrogen-bond acceptors (Lipinski definition) is 9. The molecule has 0 aliphatic carbocycles. The van der Waals surface area contributed by atoms with Gasteiger partial charge in [-0.05, 0) is 43.0 Å². The second kappa shape index (κ2) is 11.6. The number of imidazole rings is 1. The average Bonchev–Trinajstić information content (AvgIpc) is 3.66. The van der Waals surface area contributed by atoms with Crippen molar-refractivity contribution in [2.24, 2.45) is 13.0 Å². The molecular weight excluding hydrogens is 524 g/mol. The van der Waals surface area contributed by atoms with E-state index in [1.165, 1.54) is 13.2 Å². The summed E-state index contributed by atoms with van der Waals surface area (Å²) in [7, 11) is 3.10. The number of ether oxygens (including phenoxy) is 4. The van der Waals surface area contributed by atoms with Crippen LogP contribution in [0.1, 0.15) is 42.0 Å². The average molecular weight is 555 g/mol. The van der Waals surface area contributed by atoms with Gasteiger partial charge in [-0.1, -0.05) is 24.6 Å². The van der Waals surface area contributed by atoms with Crippen molar-refractivity contribution in [2.45, 2.75) is 32.6 Å². The molecule has 2 N–H and O–H groups in total. The normalized spacial score (nSPS) is 14.7. The molecule has 4 aromatic rings. The smallest absolute Gasteiger partial charge is 0.338 e. The standard InChI is InChI=1S/C27H31ClN6O5/c1-16(15-34-22-12-17(26-38-9-10-39-26)6-7-20(22)32-27(34)29)5-4-8-37-24-19(14-30-33(24)2)21-11-18(25(35)36-3)13-23(28)31-21/h6-7,11-14,16,26H,4-5,8-10,15H2,1-3H3,(H2,29,32)/t16-/m1/s1. The van der Waals surface area contributed by atoms with Crippen LogP contribution < -0.4 is 10.5 Å². The first-order chi connectivity index (χ1) is 18.8. The molecule has 0 radical (unpaired) electrons.